The summed E-state index contributed by atoms with van der Waals surface area (Å²) in [5.41, 5.74) is -0.719. The fraction of sp³-hybridized carbons (Fsp3) is 0.562. The second-order valence-corrected chi connectivity index (χ2v) is 5.07. The van der Waals surface area contributed by atoms with Crippen LogP contribution in [0.2, 0.25) is 0 Å². The van der Waals surface area contributed by atoms with Crippen LogP contribution in [0.3, 0.4) is 0 Å². The molecule has 0 saturated heterocycles. The normalized spacial score (nSPS) is 15.2. The van der Waals surface area contributed by atoms with Crippen LogP contribution >= 0.6 is 0 Å². The van der Waals surface area contributed by atoms with E-state index in [4.69, 9.17) is 9.47 Å². The molecule has 1 rings (SSSR count). The first-order chi connectivity index (χ1) is 9.48. The SMILES string of the molecule is CCCCC(C(=O)OC)C(C)(O)c1ccccc1OC. The van der Waals surface area contributed by atoms with Crippen LogP contribution in [0.15, 0.2) is 24.3 Å². The lowest BCUT2D eigenvalue weighted by Crippen LogP contribution is -2.38. The van der Waals surface area contributed by atoms with Crippen molar-refractivity contribution in [1.29, 1.82) is 0 Å². The number of carbonyl (C=O) groups excluding carboxylic acids is 1. The summed E-state index contributed by atoms with van der Waals surface area (Å²) >= 11 is 0. The van der Waals surface area contributed by atoms with Gasteiger partial charge in [0.2, 0.25) is 0 Å². The smallest absolute Gasteiger partial charge is 0.311 e. The Labute approximate surface area is 120 Å². The quantitative estimate of drug-likeness (QED) is 0.780. The van der Waals surface area contributed by atoms with Gasteiger partial charge in [-0.3, -0.25) is 4.79 Å². The number of rotatable bonds is 7. The standard InChI is InChI=1S/C16H24O4/c1-5-6-9-13(15(17)20-4)16(2,18)12-10-7-8-11-14(12)19-3/h7-8,10-11,13,18H,5-6,9H2,1-4H3. The van der Waals surface area contributed by atoms with Gasteiger partial charge in [-0.15, -0.1) is 0 Å². The molecule has 1 aromatic carbocycles. The Morgan fingerprint density at radius 1 is 1.35 bits per heavy atom. The highest BCUT2D eigenvalue weighted by Gasteiger charge is 2.40. The molecule has 112 valence electrons. The van der Waals surface area contributed by atoms with Crippen molar-refractivity contribution in [3.63, 3.8) is 0 Å². The average Bonchev–Trinajstić information content (AvgIpc) is 2.46. The zero-order valence-corrected chi connectivity index (χ0v) is 12.7. The van der Waals surface area contributed by atoms with E-state index >= 15 is 0 Å². The minimum Gasteiger partial charge on any atom is -0.496 e. The highest BCUT2D eigenvalue weighted by molar-refractivity contribution is 5.74. The van der Waals surface area contributed by atoms with E-state index in [1.165, 1.54) is 7.11 Å². The molecular weight excluding hydrogens is 256 g/mol. The zero-order chi connectivity index (χ0) is 15.2. The van der Waals surface area contributed by atoms with Crippen LogP contribution in [0.5, 0.6) is 5.75 Å². The molecule has 0 radical (unpaired) electrons. The molecule has 0 fully saturated rings. The van der Waals surface area contributed by atoms with Crippen LogP contribution in [-0.2, 0) is 15.1 Å². The van der Waals surface area contributed by atoms with Crippen LogP contribution in [0.4, 0.5) is 0 Å². The summed E-state index contributed by atoms with van der Waals surface area (Å²) in [6.07, 6.45) is 2.38. The van der Waals surface area contributed by atoms with Crippen molar-refractivity contribution in [1.82, 2.24) is 0 Å². The number of esters is 1. The summed E-state index contributed by atoms with van der Waals surface area (Å²) in [6, 6.07) is 7.21. The van der Waals surface area contributed by atoms with E-state index in [9.17, 15) is 9.90 Å². The van der Waals surface area contributed by atoms with Crippen LogP contribution < -0.4 is 4.74 Å². The Morgan fingerprint density at radius 2 is 2.00 bits per heavy atom. The molecule has 0 aliphatic rings. The number of benzene rings is 1. The van der Waals surface area contributed by atoms with Gasteiger partial charge in [0.25, 0.3) is 0 Å². The summed E-state index contributed by atoms with van der Waals surface area (Å²) in [4.78, 5) is 12.0. The van der Waals surface area contributed by atoms with Crippen LogP contribution in [0.1, 0.15) is 38.7 Å². The summed E-state index contributed by atoms with van der Waals surface area (Å²) in [5, 5.41) is 10.9. The first kappa shape index (κ1) is 16.5. The molecule has 0 amide bonds. The van der Waals surface area contributed by atoms with Gasteiger partial charge in [-0.2, -0.15) is 0 Å². The Kier molecular flexibility index (Phi) is 6.02. The number of aliphatic hydroxyl groups is 1. The first-order valence-electron chi connectivity index (χ1n) is 6.92. The Bertz CT molecular complexity index is 440. The van der Waals surface area contributed by atoms with E-state index < -0.39 is 17.5 Å². The van der Waals surface area contributed by atoms with E-state index in [-0.39, 0.29) is 0 Å². The maximum atomic E-state index is 12.0. The number of para-hydroxylation sites is 1. The van der Waals surface area contributed by atoms with Gasteiger partial charge in [-0.05, 0) is 19.4 Å². The third-order valence-corrected chi connectivity index (χ3v) is 3.66. The lowest BCUT2D eigenvalue weighted by atomic mass is 9.79. The largest absolute Gasteiger partial charge is 0.496 e. The molecule has 2 unspecified atom stereocenters. The van der Waals surface area contributed by atoms with Crippen molar-refractivity contribution in [3.8, 4) is 5.75 Å². The molecule has 2 atom stereocenters. The summed E-state index contributed by atoms with van der Waals surface area (Å²) in [7, 11) is 2.90. The third kappa shape index (κ3) is 3.51. The van der Waals surface area contributed by atoms with Crippen molar-refractivity contribution in [2.75, 3.05) is 14.2 Å². The van der Waals surface area contributed by atoms with Crippen molar-refractivity contribution < 1.29 is 19.4 Å². The van der Waals surface area contributed by atoms with Crippen LogP contribution in [-0.4, -0.2) is 25.3 Å². The molecule has 4 nitrogen and oxygen atoms in total. The Morgan fingerprint density at radius 3 is 2.55 bits per heavy atom. The molecule has 0 heterocycles. The van der Waals surface area contributed by atoms with Gasteiger partial charge in [0.15, 0.2) is 0 Å². The lowest BCUT2D eigenvalue weighted by Gasteiger charge is -2.32. The minimum absolute atomic E-state index is 0.394. The maximum Gasteiger partial charge on any atom is 0.311 e. The highest BCUT2D eigenvalue weighted by atomic mass is 16.5. The molecule has 0 spiro atoms. The molecule has 0 aliphatic heterocycles. The molecule has 0 saturated carbocycles. The summed E-state index contributed by atoms with van der Waals surface area (Å²) in [5.74, 6) is -0.430. The highest BCUT2D eigenvalue weighted by Crippen LogP contribution is 2.38. The van der Waals surface area contributed by atoms with Crippen molar-refractivity contribution in [3.05, 3.63) is 29.8 Å². The predicted octanol–water partition coefficient (Wildman–Crippen LogP) is 2.88. The van der Waals surface area contributed by atoms with E-state index in [2.05, 4.69) is 0 Å². The van der Waals surface area contributed by atoms with Crippen molar-refractivity contribution in [2.45, 2.75) is 38.7 Å². The maximum absolute atomic E-state index is 12.0. The summed E-state index contributed by atoms with van der Waals surface area (Å²) in [6.45, 7) is 3.69. The van der Waals surface area contributed by atoms with Gasteiger partial charge in [0, 0.05) is 5.56 Å². The fourth-order valence-corrected chi connectivity index (χ4v) is 2.43. The fourth-order valence-electron chi connectivity index (χ4n) is 2.43. The minimum atomic E-state index is -1.32. The molecule has 0 bridgehead atoms. The first-order valence-corrected chi connectivity index (χ1v) is 6.92. The number of methoxy groups -OCH3 is 2. The van der Waals surface area contributed by atoms with Gasteiger partial charge in [0.1, 0.15) is 11.4 Å². The van der Waals surface area contributed by atoms with E-state index in [0.29, 0.717) is 17.7 Å². The third-order valence-electron chi connectivity index (χ3n) is 3.66. The van der Waals surface area contributed by atoms with Gasteiger partial charge >= 0.3 is 5.97 Å². The van der Waals surface area contributed by atoms with E-state index in [0.717, 1.165) is 12.8 Å². The molecule has 20 heavy (non-hydrogen) atoms. The number of ether oxygens (including phenoxy) is 2. The monoisotopic (exact) mass is 280 g/mol. The van der Waals surface area contributed by atoms with Gasteiger partial charge < -0.3 is 14.6 Å². The molecule has 0 aliphatic carbocycles. The molecular formula is C16H24O4. The van der Waals surface area contributed by atoms with Crippen LogP contribution in [0, 0.1) is 5.92 Å². The number of hydrogen-bond acceptors (Lipinski definition) is 4. The van der Waals surface area contributed by atoms with E-state index in [1.807, 2.05) is 19.1 Å². The van der Waals surface area contributed by atoms with Crippen molar-refractivity contribution >= 4 is 5.97 Å². The van der Waals surface area contributed by atoms with Gasteiger partial charge in [-0.25, -0.2) is 0 Å². The number of unbranched alkanes of at least 4 members (excludes halogenated alkanes) is 1. The van der Waals surface area contributed by atoms with Gasteiger partial charge in [-0.1, -0.05) is 38.0 Å². The van der Waals surface area contributed by atoms with E-state index in [1.54, 1.807) is 26.2 Å². The molecule has 4 heteroatoms. The lowest BCUT2D eigenvalue weighted by molar-refractivity contribution is -0.156. The van der Waals surface area contributed by atoms with Crippen LogP contribution in [0.25, 0.3) is 0 Å². The summed E-state index contributed by atoms with van der Waals surface area (Å²) < 4.78 is 10.1. The Balaban J connectivity index is 3.17. The molecule has 0 aromatic heterocycles. The van der Waals surface area contributed by atoms with Gasteiger partial charge in [0.05, 0.1) is 20.1 Å². The second kappa shape index (κ2) is 7.29. The van der Waals surface area contributed by atoms with Crippen molar-refractivity contribution in [2.24, 2.45) is 5.92 Å². The Hall–Kier alpha value is -1.55. The molecule has 1 N–H and O–H groups in total. The average molecular weight is 280 g/mol. The second-order valence-electron chi connectivity index (χ2n) is 5.07. The topological polar surface area (TPSA) is 55.8 Å². The number of carbonyl (C=O) groups is 1. The number of hydrogen-bond donors (Lipinski definition) is 1. The zero-order valence-electron chi connectivity index (χ0n) is 12.7. The molecule has 1 aromatic rings. The predicted molar refractivity (Wildman–Crippen MR) is 77.6 cm³/mol.